The number of nitriles is 1. The highest BCUT2D eigenvalue weighted by Crippen LogP contribution is 2.19. The molecule has 3 aromatic carbocycles. The first-order valence-electron chi connectivity index (χ1n) is 8.60. The number of amides is 1. The Morgan fingerprint density at radius 1 is 1.04 bits per heavy atom. The van der Waals surface area contributed by atoms with Gasteiger partial charge in [-0.05, 0) is 41.5 Å². The molecule has 0 heterocycles. The van der Waals surface area contributed by atoms with Gasteiger partial charge in [-0.3, -0.25) is 4.79 Å². The van der Waals surface area contributed by atoms with E-state index < -0.39 is 11.7 Å². The van der Waals surface area contributed by atoms with Gasteiger partial charge in [-0.15, -0.1) is 0 Å². The summed E-state index contributed by atoms with van der Waals surface area (Å²) in [6.45, 7) is 0.410. The molecule has 28 heavy (non-hydrogen) atoms. The van der Waals surface area contributed by atoms with E-state index in [-0.39, 0.29) is 11.3 Å². The van der Waals surface area contributed by atoms with E-state index in [4.69, 9.17) is 4.74 Å². The molecule has 1 N–H and O–H groups in total. The van der Waals surface area contributed by atoms with Crippen LogP contribution in [0, 0.1) is 17.1 Å². The lowest BCUT2D eigenvalue weighted by atomic mass is 10.1. The van der Waals surface area contributed by atoms with E-state index in [0.29, 0.717) is 17.9 Å². The number of rotatable bonds is 6. The fraction of sp³-hybridized carbons (Fsp3) is 0.0435. The van der Waals surface area contributed by atoms with Crippen molar-refractivity contribution < 1.29 is 13.9 Å². The molecule has 0 aromatic heterocycles. The van der Waals surface area contributed by atoms with Crippen molar-refractivity contribution in [3.63, 3.8) is 0 Å². The SMILES string of the molecule is N#C/C(=C\c1cccc(OCc2ccccc2)c1)C(=O)Nc1ccccc1F. The summed E-state index contributed by atoms with van der Waals surface area (Å²) in [6, 6.07) is 24.4. The fourth-order valence-electron chi connectivity index (χ4n) is 2.50. The van der Waals surface area contributed by atoms with Gasteiger partial charge < -0.3 is 10.1 Å². The Kier molecular flexibility index (Phi) is 6.17. The molecule has 0 spiro atoms. The van der Waals surface area contributed by atoms with Gasteiger partial charge in [-0.1, -0.05) is 54.6 Å². The second kappa shape index (κ2) is 9.15. The van der Waals surface area contributed by atoms with Crippen LogP contribution in [0.15, 0.2) is 84.4 Å². The van der Waals surface area contributed by atoms with Crippen LogP contribution in [0.25, 0.3) is 6.08 Å². The third-order valence-corrected chi connectivity index (χ3v) is 3.90. The third-order valence-electron chi connectivity index (χ3n) is 3.90. The molecule has 0 unspecified atom stereocenters. The predicted octanol–water partition coefficient (Wildman–Crippen LogP) is 4.95. The number of carbonyl (C=O) groups is 1. The molecule has 0 saturated heterocycles. The molecule has 0 aliphatic carbocycles. The Balaban J connectivity index is 1.72. The molecule has 3 aromatic rings. The molecule has 0 saturated carbocycles. The standard InChI is InChI=1S/C23H17FN2O2/c24-21-11-4-5-12-22(21)26-23(27)19(15-25)13-18-9-6-10-20(14-18)28-16-17-7-2-1-3-8-17/h1-14H,16H2,(H,26,27)/b19-13+. The van der Waals surface area contributed by atoms with Crippen molar-refractivity contribution in [3.05, 3.63) is 101 Å². The number of carbonyl (C=O) groups excluding carboxylic acids is 1. The van der Waals surface area contributed by atoms with Gasteiger partial charge in [0.1, 0.15) is 29.8 Å². The molecule has 0 aliphatic rings. The normalized spacial score (nSPS) is 10.8. The van der Waals surface area contributed by atoms with Gasteiger partial charge in [0, 0.05) is 0 Å². The monoisotopic (exact) mass is 372 g/mol. The molecular formula is C23H17FN2O2. The number of benzene rings is 3. The van der Waals surface area contributed by atoms with Crippen molar-refractivity contribution >= 4 is 17.7 Å². The van der Waals surface area contributed by atoms with E-state index in [0.717, 1.165) is 5.56 Å². The molecule has 3 rings (SSSR count). The lowest BCUT2D eigenvalue weighted by Crippen LogP contribution is -2.14. The zero-order chi connectivity index (χ0) is 19.8. The number of anilines is 1. The Bertz CT molecular complexity index is 1040. The molecule has 0 radical (unpaired) electrons. The highest BCUT2D eigenvalue weighted by molar-refractivity contribution is 6.09. The summed E-state index contributed by atoms with van der Waals surface area (Å²) >= 11 is 0. The van der Waals surface area contributed by atoms with Crippen LogP contribution < -0.4 is 10.1 Å². The quantitative estimate of drug-likeness (QED) is 0.492. The van der Waals surface area contributed by atoms with Crippen LogP contribution >= 0.6 is 0 Å². The molecule has 0 atom stereocenters. The smallest absolute Gasteiger partial charge is 0.266 e. The molecular weight excluding hydrogens is 355 g/mol. The lowest BCUT2D eigenvalue weighted by molar-refractivity contribution is -0.112. The van der Waals surface area contributed by atoms with Gasteiger partial charge in [-0.25, -0.2) is 4.39 Å². The van der Waals surface area contributed by atoms with Crippen molar-refractivity contribution in [2.45, 2.75) is 6.61 Å². The maximum atomic E-state index is 13.7. The van der Waals surface area contributed by atoms with Crippen LogP contribution in [0.3, 0.4) is 0 Å². The molecule has 0 bridgehead atoms. The highest BCUT2D eigenvalue weighted by Gasteiger charge is 2.12. The van der Waals surface area contributed by atoms with Crippen molar-refractivity contribution in [2.75, 3.05) is 5.32 Å². The molecule has 138 valence electrons. The topological polar surface area (TPSA) is 62.1 Å². The van der Waals surface area contributed by atoms with Gasteiger partial charge in [0.05, 0.1) is 5.69 Å². The van der Waals surface area contributed by atoms with Crippen LogP contribution in [0.5, 0.6) is 5.75 Å². The molecule has 0 fully saturated rings. The predicted molar refractivity (Wildman–Crippen MR) is 106 cm³/mol. The first kappa shape index (κ1) is 18.9. The summed E-state index contributed by atoms with van der Waals surface area (Å²) in [5.41, 5.74) is 1.55. The summed E-state index contributed by atoms with van der Waals surface area (Å²) in [4.78, 5) is 12.3. The second-order valence-corrected chi connectivity index (χ2v) is 5.95. The van der Waals surface area contributed by atoms with Crippen LogP contribution in [-0.4, -0.2) is 5.91 Å². The van der Waals surface area contributed by atoms with Gasteiger partial charge in [0.2, 0.25) is 0 Å². The number of hydrogen-bond acceptors (Lipinski definition) is 3. The van der Waals surface area contributed by atoms with Gasteiger partial charge in [0.15, 0.2) is 0 Å². The van der Waals surface area contributed by atoms with Crippen molar-refractivity contribution in [1.82, 2.24) is 0 Å². The molecule has 0 aliphatic heterocycles. The minimum Gasteiger partial charge on any atom is -0.489 e. The Hall–Kier alpha value is -3.91. The van der Waals surface area contributed by atoms with Gasteiger partial charge >= 0.3 is 0 Å². The third kappa shape index (κ3) is 5.05. The van der Waals surface area contributed by atoms with Crippen LogP contribution in [-0.2, 0) is 11.4 Å². The van der Waals surface area contributed by atoms with E-state index in [9.17, 15) is 14.4 Å². The van der Waals surface area contributed by atoms with E-state index in [1.54, 1.807) is 30.3 Å². The number of nitrogens with one attached hydrogen (secondary N) is 1. The second-order valence-electron chi connectivity index (χ2n) is 5.95. The first-order chi connectivity index (χ1) is 13.7. The van der Waals surface area contributed by atoms with E-state index in [1.807, 2.05) is 36.4 Å². The zero-order valence-corrected chi connectivity index (χ0v) is 14.9. The fourth-order valence-corrected chi connectivity index (χ4v) is 2.50. The molecule has 1 amide bonds. The molecule has 4 nitrogen and oxygen atoms in total. The van der Waals surface area contributed by atoms with Crippen LogP contribution in [0.4, 0.5) is 10.1 Å². The average Bonchev–Trinajstić information content (AvgIpc) is 2.73. The number of nitrogens with zero attached hydrogens (tertiary/aromatic N) is 1. The average molecular weight is 372 g/mol. The van der Waals surface area contributed by atoms with E-state index in [1.165, 1.54) is 24.3 Å². The minimum atomic E-state index is -0.678. The first-order valence-corrected chi connectivity index (χ1v) is 8.60. The minimum absolute atomic E-state index is 0.0218. The summed E-state index contributed by atoms with van der Waals surface area (Å²) in [7, 11) is 0. The maximum absolute atomic E-state index is 13.7. The number of hydrogen-bond donors (Lipinski definition) is 1. The van der Waals surface area contributed by atoms with Crippen molar-refractivity contribution in [3.8, 4) is 11.8 Å². The summed E-state index contributed by atoms with van der Waals surface area (Å²) in [6.07, 6.45) is 1.44. The van der Waals surface area contributed by atoms with Gasteiger partial charge in [0.25, 0.3) is 5.91 Å². The van der Waals surface area contributed by atoms with E-state index in [2.05, 4.69) is 5.32 Å². The summed E-state index contributed by atoms with van der Waals surface area (Å²) in [5, 5.41) is 11.7. The van der Waals surface area contributed by atoms with Crippen molar-refractivity contribution in [2.24, 2.45) is 0 Å². The zero-order valence-electron chi connectivity index (χ0n) is 14.9. The van der Waals surface area contributed by atoms with Crippen LogP contribution in [0.2, 0.25) is 0 Å². The number of para-hydroxylation sites is 1. The lowest BCUT2D eigenvalue weighted by Gasteiger charge is -2.08. The molecule has 5 heteroatoms. The summed E-state index contributed by atoms with van der Waals surface area (Å²) < 4.78 is 19.4. The Morgan fingerprint density at radius 3 is 2.54 bits per heavy atom. The van der Waals surface area contributed by atoms with E-state index >= 15 is 0 Å². The Morgan fingerprint density at radius 2 is 1.79 bits per heavy atom. The number of ether oxygens (including phenoxy) is 1. The highest BCUT2D eigenvalue weighted by atomic mass is 19.1. The summed E-state index contributed by atoms with van der Waals surface area (Å²) in [5.74, 6) is -0.628. The van der Waals surface area contributed by atoms with Gasteiger partial charge in [-0.2, -0.15) is 5.26 Å². The number of halogens is 1. The van der Waals surface area contributed by atoms with Crippen LogP contribution in [0.1, 0.15) is 11.1 Å². The largest absolute Gasteiger partial charge is 0.489 e. The Labute approximate surface area is 162 Å². The van der Waals surface area contributed by atoms with Crippen molar-refractivity contribution in [1.29, 1.82) is 5.26 Å². The maximum Gasteiger partial charge on any atom is 0.266 e.